The number of rotatable bonds is 5. The molecule has 0 spiro atoms. The Kier molecular flexibility index (Phi) is 6.39. The zero-order chi connectivity index (χ0) is 16.8. The van der Waals surface area contributed by atoms with E-state index in [1.165, 1.54) is 11.8 Å². The lowest BCUT2D eigenvalue weighted by Gasteiger charge is -2.28. The van der Waals surface area contributed by atoms with Crippen LogP contribution in [-0.2, 0) is 4.79 Å². The predicted octanol–water partition coefficient (Wildman–Crippen LogP) is 3.52. The molecule has 1 saturated heterocycles. The first-order chi connectivity index (χ1) is 11.7. The highest BCUT2D eigenvalue weighted by Crippen LogP contribution is 2.27. The number of aromatic nitrogens is 2. The molecule has 1 fully saturated rings. The third-order valence-electron chi connectivity index (χ3n) is 3.43. The molecule has 3 rings (SSSR count). The lowest BCUT2D eigenvalue weighted by Crippen LogP contribution is -2.33. The minimum atomic E-state index is -0.0480. The van der Waals surface area contributed by atoms with Crippen LogP contribution in [0.1, 0.15) is 0 Å². The molecule has 0 saturated carbocycles. The van der Waals surface area contributed by atoms with Gasteiger partial charge in [0.1, 0.15) is 5.03 Å². The number of nitrogens with zero attached hydrogens (tertiary/aromatic N) is 3. The van der Waals surface area contributed by atoms with Crippen molar-refractivity contribution in [3.63, 3.8) is 0 Å². The quantitative estimate of drug-likeness (QED) is 0.740. The number of carbonyl (C=O) groups is 1. The van der Waals surface area contributed by atoms with Gasteiger partial charge in [-0.2, -0.15) is 11.8 Å². The van der Waals surface area contributed by atoms with Gasteiger partial charge in [-0.1, -0.05) is 27.7 Å². The maximum Gasteiger partial charge on any atom is 0.234 e. The van der Waals surface area contributed by atoms with E-state index < -0.39 is 0 Å². The zero-order valence-electron chi connectivity index (χ0n) is 12.9. The third kappa shape index (κ3) is 4.87. The normalized spacial score (nSPS) is 14.5. The number of benzene rings is 1. The molecule has 0 atom stereocenters. The standard InChI is InChI=1S/C16H17BrN4OS2/c17-12-1-3-13(4-2-12)20-14(22)11-24-16-15(18-5-6-19-16)21-7-9-23-10-8-21/h1-6H,7-11H2,(H,20,22). The summed E-state index contributed by atoms with van der Waals surface area (Å²) in [6.45, 7) is 1.95. The summed E-state index contributed by atoms with van der Waals surface area (Å²) in [5.74, 6) is 3.35. The van der Waals surface area contributed by atoms with Crippen LogP contribution < -0.4 is 10.2 Å². The SMILES string of the molecule is O=C(CSc1nccnc1N1CCSCC1)Nc1ccc(Br)cc1. The molecule has 1 aromatic carbocycles. The monoisotopic (exact) mass is 424 g/mol. The summed E-state index contributed by atoms with van der Waals surface area (Å²) in [5, 5.41) is 3.71. The van der Waals surface area contributed by atoms with Gasteiger partial charge in [0.05, 0.1) is 5.75 Å². The fourth-order valence-electron chi connectivity index (χ4n) is 2.28. The number of amides is 1. The van der Waals surface area contributed by atoms with Crippen molar-refractivity contribution in [3.05, 3.63) is 41.1 Å². The molecule has 1 amide bonds. The van der Waals surface area contributed by atoms with Gasteiger partial charge in [0.25, 0.3) is 0 Å². The first-order valence-corrected chi connectivity index (χ1v) is 10.5. The van der Waals surface area contributed by atoms with E-state index in [-0.39, 0.29) is 5.91 Å². The van der Waals surface area contributed by atoms with Gasteiger partial charge in [-0.05, 0) is 24.3 Å². The number of hydrogen-bond donors (Lipinski definition) is 1. The van der Waals surface area contributed by atoms with Crippen LogP contribution in [0, 0.1) is 0 Å². The molecule has 1 aliphatic rings. The molecule has 1 aliphatic heterocycles. The number of halogens is 1. The van der Waals surface area contributed by atoms with Crippen molar-refractivity contribution in [2.45, 2.75) is 5.03 Å². The largest absolute Gasteiger partial charge is 0.353 e. The van der Waals surface area contributed by atoms with Gasteiger partial charge >= 0.3 is 0 Å². The number of anilines is 2. The molecule has 0 aliphatic carbocycles. The van der Waals surface area contributed by atoms with Crippen LogP contribution in [0.5, 0.6) is 0 Å². The highest BCUT2D eigenvalue weighted by molar-refractivity contribution is 9.10. The lowest BCUT2D eigenvalue weighted by atomic mass is 10.3. The van der Waals surface area contributed by atoms with Gasteiger partial charge in [0, 0.05) is 47.1 Å². The summed E-state index contributed by atoms with van der Waals surface area (Å²) >= 11 is 6.76. The van der Waals surface area contributed by atoms with Crippen LogP contribution in [0.25, 0.3) is 0 Å². The Morgan fingerprint density at radius 2 is 1.92 bits per heavy atom. The second kappa shape index (κ2) is 8.73. The molecule has 24 heavy (non-hydrogen) atoms. The molecule has 1 N–H and O–H groups in total. The Bertz CT molecular complexity index is 693. The van der Waals surface area contributed by atoms with Gasteiger partial charge in [-0.15, -0.1) is 0 Å². The molecule has 2 heterocycles. The van der Waals surface area contributed by atoms with Gasteiger partial charge in [-0.25, -0.2) is 9.97 Å². The summed E-state index contributed by atoms with van der Waals surface area (Å²) in [6.07, 6.45) is 3.39. The van der Waals surface area contributed by atoms with Gasteiger partial charge < -0.3 is 10.2 Å². The van der Waals surface area contributed by atoms with Crippen LogP contribution in [0.4, 0.5) is 11.5 Å². The van der Waals surface area contributed by atoms with Crippen molar-refractivity contribution < 1.29 is 4.79 Å². The van der Waals surface area contributed by atoms with E-state index in [4.69, 9.17) is 0 Å². The van der Waals surface area contributed by atoms with E-state index in [0.29, 0.717) is 5.75 Å². The lowest BCUT2D eigenvalue weighted by molar-refractivity contribution is -0.113. The van der Waals surface area contributed by atoms with Crippen molar-refractivity contribution in [2.24, 2.45) is 0 Å². The molecular weight excluding hydrogens is 408 g/mol. The fourth-order valence-corrected chi connectivity index (χ4v) is 4.23. The molecule has 8 heteroatoms. The Labute approximate surface area is 158 Å². The Morgan fingerprint density at radius 3 is 2.67 bits per heavy atom. The average molecular weight is 425 g/mol. The van der Waals surface area contributed by atoms with E-state index in [9.17, 15) is 4.79 Å². The minimum Gasteiger partial charge on any atom is -0.353 e. The molecule has 0 unspecified atom stereocenters. The van der Waals surface area contributed by atoms with Crippen LogP contribution >= 0.6 is 39.5 Å². The third-order valence-corrected chi connectivity index (χ3v) is 5.86. The first kappa shape index (κ1) is 17.6. The van der Waals surface area contributed by atoms with Crippen LogP contribution in [-0.4, -0.2) is 46.2 Å². The van der Waals surface area contributed by atoms with Crippen molar-refractivity contribution in [1.82, 2.24) is 9.97 Å². The predicted molar refractivity (Wildman–Crippen MR) is 105 cm³/mol. The van der Waals surface area contributed by atoms with Crippen molar-refractivity contribution in [1.29, 1.82) is 0 Å². The van der Waals surface area contributed by atoms with Crippen molar-refractivity contribution in [3.8, 4) is 0 Å². The second-order valence-electron chi connectivity index (χ2n) is 5.13. The van der Waals surface area contributed by atoms with Crippen LogP contribution in [0.3, 0.4) is 0 Å². The summed E-state index contributed by atoms with van der Waals surface area (Å²) in [6, 6.07) is 7.54. The molecule has 126 valence electrons. The molecule has 5 nitrogen and oxygen atoms in total. The number of carbonyl (C=O) groups excluding carboxylic acids is 1. The van der Waals surface area contributed by atoms with Gasteiger partial charge in [0.15, 0.2) is 5.82 Å². The highest BCUT2D eigenvalue weighted by atomic mass is 79.9. The summed E-state index contributed by atoms with van der Waals surface area (Å²) in [5.41, 5.74) is 0.788. The maximum absolute atomic E-state index is 12.1. The molecule has 0 radical (unpaired) electrons. The Hall–Kier alpha value is -1.25. The molecule has 2 aromatic rings. The van der Waals surface area contributed by atoms with E-state index in [2.05, 4.69) is 36.1 Å². The smallest absolute Gasteiger partial charge is 0.234 e. The topological polar surface area (TPSA) is 58.1 Å². The van der Waals surface area contributed by atoms with Crippen molar-refractivity contribution in [2.75, 3.05) is 40.6 Å². The highest BCUT2D eigenvalue weighted by Gasteiger charge is 2.17. The van der Waals surface area contributed by atoms with Gasteiger partial charge in [0.2, 0.25) is 5.91 Å². The summed E-state index contributed by atoms with van der Waals surface area (Å²) in [7, 11) is 0. The maximum atomic E-state index is 12.1. The van der Waals surface area contributed by atoms with E-state index >= 15 is 0 Å². The number of nitrogens with one attached hydrogen (secondary N) is 1. The fraction of sp³-hybridized carbons (Fsp3) is 0.312. The zero-order valence-corrected chi connectivity index (χ0v) is 16.2. The van der Waals surface area contributed by atoms with E-state index in [1.807, 2.05) is 36.0 Å². The summed E-state index contributed by atoms with van der Waals surface area (Å²) in [4.78, 5) is 23.3. The Balaban J connectivity index is 1.59. The van der Waals surface area contributed by atoms with Crippen LogP contribution in [0.15, 0.2) is 46.2 Å². The summed E-state index contributed by atoms with van der Waals surface area (Å²) < 4.78 is 0.985. The average Bonchev–Trinajstić information content (AvgIpc) is 2.63. The molecular formula is C16H17BrN4OS2. The molecule has 0 bridgehead atoms. The van der Waals surface area contributed by atoms with Crippen LogP contribution in [0.2, 0.25) is 0 Å². The molecule has 1 aromatic heterocycles. The Morgan fingerprint density at radius 1 is 1.21 bits per heavy atom. The van der Waals surface area contributed by atoms with E-state index in [0.717, 1.165) is 45.6 Å². The van der Waals surface area contributed by atoms with Gasteiger partial charge in [-0.3, -0.25) is 4.79 Å². The second-order valence-corrected chi connectivity index (χ2v) is 8.23. The number of hydrogen-bond acceptors (Lipinski definition) is 6. The number of thioether (sulfide) groups is 2. The minimum absolute atomic E-state index is 0.0480. The first-order valence-electron chi connectivity index (χ1n) is 7.54. The van der Waals surface area contributed by atoms with Crippen molar-refractivity contribution >= 4 is 56.9 Å². The van der Waals surface area contributed by atoms with E-state index in [1.54, 1.807) is 12.4 Å².